The van der Waals surface area contributed by atoms with Gasteiger partial charge in [0, 0.05) is 23.5 Å². The molecule has 130 valence electrons. The van der Waals surface area contributed by atoms with Gasteiger partial charge >= 0.3 is 6.18 Å². The molecule has 3 rings (SSSR count). The number of benzene rings is 2. The highest BCUT2D eigenvalue weighted by atomic mass is 19.4. The summed E-state index contributed by atoms with van der Waals surface area (Å²) in [5, 5.41) is 2.64. The minimum atomic E-state index is -4.44. The summed E-state index contributed by atoms with van der Waals surface area (Å²) in [6.07, 6.45) is -4.17. The lowest BCUT2D eigenvalue weighted by Gasteiger charge is -2.15. The summed E-state index contributed by atoms with van der Waals surface area (Å²) < 4.78 is 37.7. The predicted octanol–water partition coefficient (Wildman–Crippen LogP) is 3.87. The second-order valence-electron chi connectivity index (χ2n) is 5.69. The topological polar surface area (TPSA) is 49.4 Å². The van der Waals surface area contributed by atoms with Crippen molar-refractivity contribution in [2.45, 2.75) is 19.5 Å². The fourth-order valence-corrected chi connectivity index (χ4v) is 2.82. The molecule has 4 nitrogen and oxygen atoms in total. The number of carbonyl (C=O) groups excluding carboxylic acids is 2. The van der Waals surface area contributed by atoms with Gasteiger partial charge in [0.25, 0.3) is 5.91 Å². The molecule has 1 aliphatic rings. The number of amides is 2. The second-order valence-corrected chi connectivity index (χ2v) is 5.69. The van der Waals surface area contributed by atoms with Crippen molar-refractivity contribution in [1.82, 2.24) is 0 Å². The molecule has 25 heavy (non-hydrogen) atoms. The van der Waals surface area contributed by atoms with E-state index in [0.717, 1.165) is 35.5 Å². The van der Waals surface area contributed by atoms with Crippen LogP contribution in [0.4, 0.5) is 24.5 Å². The average molecular weight is 348 g/mol. The quantitative estimate of drug-likeness (QED) is 0.915. The molecule has 7 heteroatoms. The van der Waals surface area contributed by atoms with Crippen LogP contribution in [0.15, 0.2) is 42.5 Å². The molecule has 2 aromatic rings. The van der Waals surface area contributed by atoms with Crippen molar-refractivity contribution in [2.24, 2.45) is 0 Å². The van der Waals surface area contributed by atoms with Crippen LogP contribution in [0.5, 0.6) is 0 Å². The Morgan fingerprint density at radius 3 is 2.44 bits per heavy atom. The molecule has 0 radical (unpaired) electrons. The Morgan fingerprint density at radius 1 is 1.16 bits per heavy atom. The van der Waals surface area contributed by atoms with E-state index < -0.39 is 17.6 Å². The summed E-state index contributed by atoms with van der Waals surface area (Å²) in [6.45, 7) is 2.45. The lowest BCUT2D eigenvalue weighted by molar-refractivity contribution is -0.137. The van der Waals surface area contributed by atoms with Crippen molar-refractivity contribution in [2.75, 3.05) is 16.8 Å². The number of fused-ring (bicyclic) bond motifs is 1. The van der Waals surface area contributed by atoms with Gasteiger partial charge in [0.2, 0.25) is 5.91 Å². The van der Waals surface area contributed by atoms with Crippen molar-refractivity contribution in [3.05, 3.63) is 59.2 Å². The van der Waals surface area contributed by atoms with Gasteiger partial charge in [-0.15, -0.1) is 0 Å². The zero-order chi connectivity index (χ0) is 18.2. The van der Waals surface area contributed by atoms with Crippen LogP contribution in [0.25, 0.3) is 0 Å². The SMILES string of the molecule is CCN1C(=O)Cc2cc(NC(=O)c3ccc(C(F)(F)F)cc3)ccc21. The highest BCUT2D eigenvalue weighted by Gasteiger charge is 2.30. The minimum absolute atomic E-state index is 0.00344. The van der Waals surface area contributed by atoms with Crippen molar-refractivity contribution in [3.8, 4) is 0 Å². The van der Waals surface area contributed by atoms with E-state index in [1.807, 2.05) is 6.92 Å². The van der Waals surface area contributed by atoms with Crippen molar-refractivity contribution >= 4 is 23.2 Å². The first-order chi connectivity index (χ1) is 11.8. The maximum absolute atomic E-state index is 12.6. The number of anilines is 2. The van der Waals surface area contributed by atoms with Crippen LogP contribution in [0, 0.1) is 0 Å². The number of nitrogens with zero attached hydrogens (tertiary/aromatic N) is 1. The first-order valence-electron chi connectivity index (χ1n) is 7.71. The number of rotatable bonds is 3. The molecule has 2 aromatic carbocycles. The summed E-state index contributed by atoms with van der Waals surface area (Å²) in [4.78, 5) is 25.7. The zero-order valence-electron chi connectivity index (χ0n) is 13.4. The van der Waals surface area contributed by atoms with Crippen molar-refractivity contribution in [1.29, 1.82) is 0 Å². The van der Waals surface area contributed by atoms with Gasteiger partial charge in [-0.05, 0) is 55.0 Å². The van der Waals surface area contributed by atoms with E-state index >= 15 is 0 Å². The predicted molar refractivity (Wildman–Crippen MR) is 87.6 cm³/mol. The Morgan fingerprint density at radius 2 is 1.84 bits per heavy atom. The fourth-order valence-electron chi connectivity index (χ4n) is 2.82. The molecule has 1 heterocycles. The Hall–Kier alpha value is -2.83. The van der Waals surface area contributed by atoms with Gasteiger partial charge in [-0.3, -0.25) is 9.59 Å². The van der Waals surface area contributed by atoms with E-state index in [2.05, 4.69) is 5.32 Å². The zero-order valence-corrected chi connectivity index (χ0v) is 13.4. The number of hydrogen-bond acceptors (Lipinski definition) is 2. The minimum Gasteiger partial charge on any atom is -0.322 e. The largest absolute Gasteiger partial charge is 0.416 e. The van der Waals surface area contributed by atoms with Gasteiger partial charge in [0.15, 0.2) is 0 Å². The average Bonchev–Trinajstić information content (AvgIpc) is 2.88. The summed E-state index contributed by atoms with van der Waals surface area (Å²) in [6, 6.07) is 9.14. The fraction of sp³-hybridized carbons (Fsp3) is 0.222. The molecule has 0 saturated carbocycles. The van der Waals surface area contributed by atoms with Crippen LogP contribution in [0.2, 0.25) is 0 Å². The molecule has 0 saturated heterocycles. The number of halogens is 3. The molecular weight excluding hydrogens is 333 g/mol. The van der Waals surface area contributed by atoms with E-state index in [1.165, 1.54) is 0 Å². The Bertz CT molecular complexity index is 829. The molecular formula is C18H15F3N2O2. The highest BCUT2D eigenvalue weighted by molar-refractivity contribution is 6.05. The van der Waals surface area contributed by atoms with Crippen molar-refractivity contribution in [3.63, 3.8) is 0 Å². The first kappa shape index (κ1) is 17.0. The van der Waals surface area contributed by atoms with E-state index in [9.17, 15) is 22.8 Å². The molecule has 0 fully saturated rings. The van der Waals surface area contributed by atoms with Gasteiger partial charge in [-0.2, -0.15) is 13.2 Å². The molecule has 1 N–H and O–H groups in total. The third kappa shape index (κ3) is 3.35. The lowest BCUT2D eigenvalue weighted by atomic mass is 10.1. The third-order valence-corrected chi connectivity index (χ3v) is 4.06. The smallest absolute Gasteiger partial charge is 0.322 e. The maximum atomic E-state index is 12.6. The molecule has 0 aliphatic carbocycles. The Kier molecular flexibility index (Phi) is 4.24. The summed E-state index contributed by atoms with van der Waals surface area (Å²) in [5.74, 6) is -0.505. The monoisotopic (exact) mass is 348 g/mol. The molecule has 0 atom stereocenters. The second kappa shape index (κ2) is 6.23. The molecule has 0 bridgehead atoms. The van der Waals surface area contributed by atoms with Crippen LogP contribution < -0.4 is 10.2 Å². The van der Waals surface area contributed by atoms with Crippen LogP contribution in [-0.2, 0) is 17.4 Å². The number of carbonyl (C=O) groups is 2. The third-order valence-electron chi connectivity index (χ3n) is 4.06. The Labute approximate surface area is 142 Å². The molecule has 0 spiro atoms. The number of alkyl halides is 3. The van der Waals surface area contributed by atoms with Gasteiger partial charge in [-0.25, -0.2) is 0 Å². The highest BCUT2D eigenvalue weighted by Crippen LogP contribution is 2.31. The number of nitrogens with one attached hydrogen (secondary N) is 1. The number of hydrogen-bond donors (Lipinski definition) is 1. The molecule has 0 aromatic heterocycles. The van der Waals surface area contributed by atoms with Crippen LogP contribution >= 0.6 is 0 Å². The van der Waals surface area contributed by atoms with E-state index in [1.54, 1.807) is 23.1 Å². The van der Waals surface area contributed by atoms with Gasteiger partial charge in [-0.1, -0.05) is 0 Å². The lowest BCUT2D eigenvalue weighted by Crippen LogP contribution is -2.25. The van der Waals surface area contributed by atoms with E-state index in [4.69, 9.17) is 0 Å². The summed E-state index contributed by atoms with van der Waals surface area (Å²) in [7, 11) is 0. The standard InChI is InChI=1S/C18H15F3N2O2/c1-2-23-15-8-7-14(9-12(15)10-16(23)24)22-17(25)11-3-5-13(6-4-11)18(19,20)21/h3-9H,2,10H2,1H3,(H,22,25). The van der Waals surface area contributed by atoms with Crippen molar-refractivity contribution < 1.29 is 22.8 Å². The molecule has 1 aliphatic heterocycles. The maximum Gasteiger partial charge on any atom is 0.416 e. The molecule has 2 amide bonds. The van der Waals surface area contributed by atoms with E-state index in [0.29, 0.717) is 12.2 Å². The summed E-state index contributed by atoms with van der Waals surface area (Å²) >= 11 is 0. The Balaban J connectivity index is 1.76. The normalized spacial score (nSPS) is 13.8. The van der Waals surface area contributed by atoms with Gasteiger partial charge in [0.05, 0.1) is 12.0 Å². The molecule has 0 unspecified atom stereocenters. The summed E-state index contributed by atoms with van der Waals surface area (Å²) in [5.41, 5.74) is 1.45. The van der Waals surface area contributed by atoms with Crippen LogP contribution in [-0.4, -0.2) is 18.4 Å². The first-order valence-corrected chi connectivity index (χ1v) is 7.71. The van der Waals surface area contributed by atoms with Crippen LogP contribution in [0.3, 0.4) is 0 Å². The van der Waals surface area contributed by atoms with Crippen LogP contribution in [0.1, 0.15) is 28.4 Å². The van der Waals surface area contributed by atoms with Gasteiger partial charge < -0.3 is 10.2 Å². The van der Waals surface area contributed by atoms with Gasteiger partial charge in [0.1, 0.15) is 0 Å². The van der Waals surface area contributed by atoms with E-state index in [-0.39, 0.29) is 17.9 Å². The number of likely N-dealkylation sites (N-methyl/N-ethyl adjacent to an activating group) is 1.